The standard InChI is InChI=1S/C4H7.Y/c1-3-4-2;/h1,4H2,2H3;/q-1;. The molecule has 0 amide bonds. The Hall–Kier alpha value is 0.844. The van der Waals surface area contributed by atoms with E-state index in [9.17, 15) is 0 Å². The normalized spacial score (nSPS) is 5.00. The molecule has 0 saturated carbocycles. The molecule has 1 radical (unpaired) electrons. The first-order valence-electron chi connectivity index (χ1n) is 1.41. The van der Waals surface area contributed by atoms with Gasteiger partial charge in [-0.3, -0.25) is 6.58 Å². The molecule has 0 saturated heterocycles. The van der Waals surface area contributed by atoms with Crippen LogP contribution in [0.25, 0.3) is 0 Å². The zero-order valence-corrected chi connectivity index (χ0v) is 6.33. The van der Waals surface area contributed by atoms with Crippen molar-refractivity contribution in [1.29, 1.82) is 0 Å². The second-order valence-corrected chi connectivity index (χ2v) is 0.604. The average Bonchev–Trinajstić information content (AvgIpc) is 1.37. The molecule has 0 heterocycles. The molecule has 0 bridgehead atoms. The summed E-state index contributed by atoms with van der Waals surface area (Å²) < 4.78 is 0. The van der Waals surface area contributed by atoms with Crippen LogP contribution in [0.1, 0.15) is 13.3 Å². The molecule has 0 aliphatic heterocycles. The summed E-state index contributed by atoms with van der Waals surface area (Å²) in [6, 6.07) is 0. The summed E-state index contributed by atoms with van der Waals surface area (Å²) in [7, 11) is 0. The third-order valence-electron chi connectivity index (χ3n) is 0.250. The number of rotatable bonds is 1. The predicted molar refractivity (Wildman–Crippen MR) is 19.2 cm³/mol. The Kier molecular flexibility index (Phi) is 16.4. The minimum Gasteiger partial charge on any atom is -0.504 e. The van der Waals surface area contributed by atoms with Gasteiger partial charge in [-0.05, 0) is 0 Å². The van der Waals surface area contributed by atoms with Gasteiger partial charge < -0.3 is 6.08 Å². The molecule has 0 atom stereocenters. The van der Waals surface area contributed by atoms with Crippen LogP contribution in [0.5, 0.6) is 0 Å². The largest absolute Gasteiger partial charge is 0.504 e. The van der Waals surface area contributed by atoms with Gasteiger partial charge in [0.1, 0.15) is 0 Å². The molecular formula is C4H7Y-. The number of allylic oxidation sites excluding steroid dienone is 1. The van der Waals surface area contributed by atoms with E-state index in [0.717, 1.165) is 6.42 Å². The minimum absolute atomic E-state index is 0. The molecule has 0 nitrogen and oxygen atoms in total. The zero-order valence-electron chi connectivity index (χ0n) is 3.49. The molecule has 0 fully saturated rings. The predicted octanol–water partition coefficient (Wildman–Crippen LogP) is 1.38. The molecule has 0 aliphatic carbocycles. The van der Waals surface area contributed by atoms with Gasteiger partial charge in [-0.25, -0.2) is 0 Å². The Morgan fingerprint density at radius 1 is 1.80 bits per heavy atom. The van der Waals surface area contributed by atoms with Crippen LogP contribution in [0, 0.1) is 6.08 Å². The summed E-state index contributed by atoms with van der Waals surface area (Å²) in [4.78, 5) is 0. The molecule has 1 heteroatoms. The first-order valence-corrected chi connectivity index (χ1v) is 1.41. The fourth-order valence-corrected chi connectivity index (χ4v) is 0. The van der Waals surface area contributed by atoms with E-state index >= 15 is 0 Å². The van der Waals surface area contributed by atoms with Gasteiger partial charge in [0.2, 0.25) is 0 Å². The summed E-state index contributed by atoms with van der Waals surface area (Å²) in [5.74, 6) is 0. The Labute approximate surface area is 58.5 Å². The second kappa shape index (κ2) is 8.85. The molecule has 27 valence electrons. The average molecular weight is 144 g/mol. The molecular weight excluding hydrogens is 137 g/mol. The summed E-state index contributed by atoms with van der Waals surface area (Å²) in [5.41, 5.74) is 0. The summed E-state index contributed by atoms with van der Waals surface area (Å²) in [6.45, 7) is 5.36. The molecule has 0 aromatic heterocycles. The summed E-state index contributed by atoms with van der Waals surface area (Å²) >= 11 is 0. The van der Waals surface area contributed by atoms with Gasteiger partial charge in [0.05, 0.1) is 0 Å². The Bertz CT molecular complexity index is 17.6. The molecule has 0 aromatic rings. The van der Waals surface area contributed by atoms with Gasteiger partial charge >= 0.3 is 0 Å². The van der Waals surface area contributed by atoms with Gasteiger partial charge in [0, 0.05) is 32.7 Å². The van der Waals surface area contributed by atoms with E-state index in [0.29, 0.717) is 0 Å². The van der Waals surface area contributed by atoms with Gasteiger partial charge in [0.25, 0.3) is 0 Å². The van der Waals surface area contributed by atoms with Crippen LogP contribution in [-0.4, -0.2) is 0 Å². The van der Waals surface area contributed by atoms with Crippen molar-refractivity contribution in [3.8, 4) is 0 Å². The molecule has 0 rings (SSSR count). The smallest absolute Gasteiger partial charge is 0 e. The van der Waals surface area contributed by atoms with Crippen molar-refractivity contribution < 1.29 is 32.7 Å². The third-order valence-corrected chi connectivity index (χ3v) is 0.250. The van der Waals surface area contributed by atoms with Gasteiger partial charge in [-0.1, -0.05) is 6.92 Å². The second-order valence-electron chi connectivity index (χ2n) is 0.604. The van der Waals surface area contributed by atoms with E-state index in [4.69, 9.17) is 0 Å². The van der Waals surface area contributed by atoms with Crippen molar-refractivity contribution in [2.75, 3.05) is 0 Å². The van der Waals surface area contributed by atoms with Gasteiger partial charge in [-0.15, -0.1) is 0 Å². The van der Waals surface area contributed by atoms with Gasteiger partial charge in [0.15, 0.2) is 0 Å². The van der Waals surface area contributed by atoms with E-state index in [2.05, 4.69) is 12.7 Å². The molecule has 0 aromatic carbocycles. The molecule has 0 spiro atoms. The maximum absolute atomic E-state index is 3.35. The van der Waals surface area contributed by atoms with Crippen LogP contribution in [0.2, 0.25) is 0 Å². The molecule has 0 aliphatic rings. The molecule has 0 N–H and O–H groups in total. The van der Waals surface area contributed by atoms with Crippen LogP contribution in [-0.2, 0) is 32.7 Å². The van der Waals surface area contributed by atoms with E-state index in [-0.39, 0.29) is 32.7 Å². The summed E-state index contributed by atoms with van der Waals surface area (Å²) in [6.07, 6.45) is 3.64. The van der Waals surface area contributed by atoms with Crippen LogP contribution >= 0.6 is 0 Å². The monoisotopic (exact) mass is 144 g/mol. The third kappa shape index (κ3) is 11.5. The van der Waals surface area contributed by atoms with Crippen molar-refractivity contribution in [1.82, 2.24) is 0 Å². The van der Waals surface area contributed by atoms with E-state index in [1.165, 1.54) is 0 Å². The van der Waals surface area contributed by atoms with Gasteiger partial charge in [-0.2, -0.15) is 6.42 Å². The molecule has 5 heavy (non-hydrogen) atoms. The Morgan fingerprint density at radius 2 is 2.00 bits per heavy atom. The Balaban J connectivity index is 0. The maximum Gasteiger partial charge on any atom is 0 e. The SMILES string of the molecule is C=[C-]CC.[Y]. The Morgan fingerprint density at radius 3 is 2.00 bits per heavy atom. The number of hydrogen-bond acceptors (Lipinski definition) is 0. The first kappa shape index (κ1) is 9.28. The van der Waals surface area contributed by atoms with Crippen molar-refractivity contribution in [3.05, 3.63) is 12.7 Å². The van der Waals surface area contributed by atoms with Crippen LogP contribution in [0.15, 0.2) is 6.58 Å². The molecule has 0 unspecified atom stereocenters. The van der Waals surface area contributed by atoms with Crippen molar-refractivity contribution in [2.24, 2.45) is 0 Å². The van der Waals surface area contributed by atoms with E-state index in [1.54, 1.807) is 0 Å². The van der Waals surface area contributed by atoms with Crippen LogP contribution < -0.4 is 0 Å². The first-order chi connectivity index (χ1) is 1.91. The van der Waals surface area contributed by atoms with Crippen LogP contribution in [0.3, 0.4) is 0 Å². The fraction of sp³-hybridized carbons (Fsp3) is 0.500. The van der Waals surface area contributed by atoms with Crippen LogP contribution in [0.4, 0.5) is 0 Å². The van der Waals surface area contributed by atoms with Crippen molar-refractivity contribution >= 4 is 0 Å². The minimum atomic E-state index is 0. The van der Waals surface area contributed by atoms with Crippen molar-refractivity contribution in [3.63, 3.8) is 0 Å². The fourth-order valence-electron chi connectivity index (χ4n) is 0. The topological polar surface area (TPSA) is 0 Å². The quantitative estimate of drug-likeness (QED) is 0.487. The maximum atomic E-state index is 3.35. The van der Waals surface area contributed by atoms with E-state index in [1.807, 2.05) is 6.92 Å². The van der Waals surface area contributed by atoms with E-state index < -0.39 is 0 Å². The zero-order chi connectivity index (χ0) is 3.41. The summed E-state index contributed by atoms with van der Waals surface area (Å²) in [5, 5.41) is 0. The van der Waals surface area contributed by atoms with Crippen molar-refractivity contribution in [2.45, 2.75) is 13.3 Å². The number of hydrogen-bond donors (Lipinski definition) is 0.